The number of nitriles is 1. The maximum Gasteiger partial charge on any atom is 0.230 e. The fraction of sp³-hybridized carbons (Fsp3) is 0.909. The van der Waals surface area contributed by atoms with Crippen molar-refractivity contribution in [3.8, 4) is 6.07 Å². The van der Waals surface area contributed by atoms with E-state index in [-0.39, 0.29) is 25.6 Å². The zero-order chi connectivity index (χ0) is 12.9. The Morgan fingerprint density at radius 2 is 2.06 bits per heavy atom. The molecule has 0 aliphatic heterocycles. The van der Waals surface area contributed by atoms with Crippen molar-refractivity contribution >= 4 is 10.0 Å². The quantitative estimate of drug-likeness (QED) is 0.768. The van der Waals surface area contributed by atoms with Crippen molar-refractivity contribution in [2.75, 3.05) is 13.2 Å². The molecule has 1 unspecified atom stereocenters. The normalized spacial score (nSPS) is 19.4. The van der Waals surface area contributed by atoms with Crippen LogP contribution in [-0.4, -0.2) is 42.3 Å². The molecule has 1 aliphatic carbocycles. The van der Waals surface area contributed by atoms with E-state index < -0.39 is 15.3 Å². The van der Waals surface area contributed by atoms with Gasteiger partial charge >= 0.3 is 0 Å². The third-order valence-corrected chi connectivity index (χ3v) is 5.55. The van der Waals surface area contributed by atoms with Gasteiger partial charge in [-0.3, -0.25) is 0 Å². The SMILES string of the molecule is CCC(C#N)S(=O)(=O)N(CCO)C1CCCC1. The number of hydrogen-bond acceptors (Lipinski definition) is 4. The van der Waals surface area contributed by atoms with Crippen LogP contribution in [0, 0.1) is 11.3 Å². The molecule has 0 aromatic heterocycles. The minimum absolute atomic E-state index is 0.0328. The zero-order valence-corrected chi connectivity index (χ0v) is 11.0. The van der Waals surface area contributed by atoms with Crippen molar-refractivity contribution in [1.29, 1.82) is 5.26 Å². The van der Waals surface area contributed by atoms with E-state index in [1.165, 1.54) is 4.31 Å². The molecule has 1 rings (SSSR count). The van der Waals surface area contributed by atoms with Gasteiger partial charge in [0.1, 0.15) is 0 Å². The Morgan fingerprint density at radius 1 is 1.47 bits per heavy atom. The fourth-order valence-electron chi connectivity index (χ4n) is 2.34. The molecule has 0 spiro atoms. The smallest absolute Gasteiger partial charge is 0.230 e. The highest BCUT2D eigenvalue weighted by atomic mass is 32.2. The Kier molecular flexibility index (Phi) is 5.37. The van der Waals surface area contributed by atoms with E-state index in [1.54, 1.807) is 6.92 Å². The molecule has 1 saturated carbocycles. The highest BCUT2D eigenvalue weighted by Crippen LogP contribution is 2.27. The van der Waals surface area contributed by atoms with Gasteiger partial charge in [-0.1, -0.05) is 19.8 Å². The molecule has 0 saturated heterocycles. The van der Waals surface area contributed by atoms with E-state index in [4.69, 9.17) is 10.4 Å². The highest BCUT2D eigenvalue weighted by molar-refractivity contribution is 7.90. The van der Waals surface area contributed by atoms with Crippen LogP contribution in [-0.2, 0) is 10.0 Å². The van der Waals surface area contributed by atoms with Gasteiger partial charge in [0, 0.05) is 12.6 Å². The summed E-state index contributed by atoms with van der Waals surface area (Å²) in [4.78, 5) is 0. The topological polar surface area (TPSA) is 81.4 Å². The van der Waals surface area contributed by atoms with E-state index in [2.05, 4.69) is 0 Å². The molecule has 1 aliphatic rings. The predicted octanol–water partition coefficient (Wildman–Crippen LogP) is 0.855. The molecule has 1 N–H and O–H groups in total. The molecule has 0 aromatic rings. The van der Waals surface area contributed by atoms with Crippen LogP contribution in [0.3, 0.4) is 0 Å². The van der Waals surface area contributed by atoms with Crippen molar-refractivity contribution in [1.82, 2.24) is 4.31 Å². The lowest BCUT2D eigenvalue weighted by molar-refractivity contribution is 0.225. The molecule has 1 atom stereocenters. The molecule has 98 valence electrons. The van der Waals surface area contributed by atoms with E-state index >= 15 is 0 Å². The molecule has 0 amide bonds. The minimum Gasteiger partial charge on any atom is -0.395 e. The number of aliphatic hydroxyl groups is 1. The molecule has 0 bridgehead atoms. The molecule has 0 radical (unpaired) electrons. The van der Waals surface area contributed by atoms with Crippen LogP contribution < -0.4 is 0 Å². The average molecular weight is 260 g/mol. The molecule has 1 fully saturated rings. The molecule has 0 aromatic carbocycles. The summed E-state index contributed by atoms with van der Waals surface area (Å²) in [6, 6.07) is 1.81. The second kappa shape index (κ2) is 6.34. The molecule has 17 heavy (non-hydrogen) atoms. The first-order valence-electron chi connectivity index (χ1n) is 6.09. The second-order valence-electron chi connectivity index (χ2n) is 4.34. The van der Waals surface area contributed by atoms with Crippen molar-refractivity contribution in [3.63, 3.8) is 0 Å². The minimum atomic E-state index is -3.60. The highest BCUT2D eigenvalue weighted by Gasteiger charge is 2.36. The van der Waals surface area contributed by atoms with Crippen LogP contribution in [0.4, 0.5) is 0 Å². The van der Waals surface area contributed by atoms with Gasteiger partial charge < -0.3 is 5.11 Å². The third kappa shape index (κ3) is 3.18. The maximum absolute atomic E-state index is 12.3. The summed E-state index contributed by atoms with van der Waals surface area (Å²) in [5, 5.41) is 16.9. The van der Waals surface area contributed by atoms with E-state index in [0.717, 1.165) is 25.7 Å². The van der Waals surface area contributed by atoms with Crippen LogP contribution >= 0.6 is 0 Å². The van der Waals surface area contributed by atoms with Gasteiger partial charge in [0.05, 0.1) is 12.7 Å². The van der Waals surface area contributed by atoms with E-state index in [1.807, 2.05) is 6.07 Å². The first-order chi connectivity index (χ1) is 8.07. The van der Waals surface area contributed by atoms with Crippen molar-refractivity contribution < 1.29 is 13.5 Å². The Hall–Kier alpha value is -0.640. The molecule has 5 nitrogen and oxygen atoms in total. The van der Waals surface area contributed by atoms with Gasteiger partial charge in [-0.2, -0.15) is 9.57 Å². The molecular weight excluding hydrogens is 240 g/mol. The molecule has 0 heterocycles. The standard InChI is InChI=1S/C11H20N2O3S/c1-2-11(9-12)17(15,16)13(7-8-14)10-5-3-4-6-10/h10-11,14H,2-8H2,1H3. The Labute approximate surface area is 103 Å². The Balaban J connectivity index is 2.92. The van der Waals surface area contributed by atoms with Crippen LogP contribution in [0.5, 0.6) is 0 Å². The van der Waals surface area contributed by atoms with Crippen molar-refractivity contribution in [2.45, 2.75) is 50.3 Å². The van der Waals surface area contributed by atoms with Gasteiger partial charge in [0.15, 0.2) is 5.25 Å². The summed E-state index contributed by atoms with van der Waals surface area (Å²) < 4.78 is 25.9. The molecular formula is C11H20N2O3S. The summed E-state index contributed by atoms with van der Waals surface area (Å²) >= 11 is 0. The van der Waals surface area contributed by atoms with Crippen LogP contribution in [0.15, 0.2) is 0 Å². The van der Waals surface area contributed by atoms with E-state index in [9.17, 15) is 8.42 Å². The van der Waals surface area contributed by atoms with Crippen molar-refractivity contribution in [3.05, 3.63) is 0 Å². The van der Waals surface area contributed by atoms with Gasteiger partial charge in [0.2, 0.25) is 10.0 Å². The monoisotopic (exact) mass is 260 g/mol. The predicted molar refractivity (Wildman–Crippen MR) is 64.7 cm³/mol. The summed E-state index contributed by atoms with van der Waals surface area (Å²) in [5.74, 6) is 0. The summed E-state index contributed by atoms with van der Waals surface area (Å²) in [6.07, 6.45) is 3.99. The van der Waals surface area contributed by atoms with Gasteiger partial charge in [0.25, 0.3) is 0 Å². The van der Waals surface area contributed by atoms with Crippen LogP contribution in [0.2, 0.25) is 0 Å². The summed E-state index contributed by atoms with van der Waals surface area (Å²) in [5.41, 5.74) is 0. The van der Waals surface area contributed by atoms with E-state index in [0.29, 0.717) is 0 Å². The fourth-order valence-corrected chi connectivity index (χ4v) is 4.18. The van der Waals surface area contributed by atoms with Crippen LogP contribution in [0.25, 0.3) is 0 Å². The summed E-state index contributed by atoms with van der Waals surface area (Å²) in [6.45, 7) is 1.60. The third-order valence-electron chi connectivity index (χ3n) is 3.25. The average Bonchev–Trinajstić information content (AvgIpc) is 2.80. The lowest BCUT2D eigenvalue weighted by Crippen LogP contribution is -2.45. The lowest BCUT2D eigenvalue weighted by atomic mass is 10.2. The maximum atomic E-state index is 12.3. The van der Waals surface area contributed by atoms with Crippen molar-refractivity contribution in [2.24, 2.45) is 0 Å². The summed E-state index contributed by atoms with van der Waals surface area (Å²) in [7, 11) is -3.60. The first kappa shape index (κ1) is 14.4. The van der Waals surface area contributed by atoms with Gasteiger partial charge in [-0.15, -0.1) is 0 Å². The number of hydrogen-bond donors (Lipinski definition) is 1. The largest absolute Gasteiger partial charge is 0.395 e. The van der Waals surface area contributed by atoms with Gasteiger partial charge in [-0.05, 0) is 19.3 Å². The zero-order valence-electron chi connectivity index (χ0n) is 10.2. The first-order valence-corrected chi connectivity index (χ1v) is 7.59. The van der Waals surface area contributed by atoms with Gasteiger partial charge in [-0.25, -0.2) is 8.42 Å². The molecule has 6 heteroatoms. The number of nitrogens with zero attached hydrogens (tertiary/aromatic N) is 2. The lowest BCUT2D eigenvalue weighted by Gasteiger charge is -2.28. The number of rotatable bonds is 6. The second-order valence-corrected chi connectivity index (χ2v) is 6.41. The van der Waals surface area contributed by atoms with Crippen LogP contribution in [0.1, 0.15) is 39.0 Å². The number of sulfonamides is 1. The number of aliphatic hydroxyl groups excluding tert-OH is 1. The Bertz CT molecular complexity index is 369. The Morgan fingerprint density at radius 3 is 2.47 bits per heavy atom.